The Morgan fingerprint density at radius 2 is 2.06 bits per heavy atom. The van der Waals surface area contributed by atoms with Crippen LogP contribution in [0.15, 0.2) is 24.3 Å². The maximum atomic E-state index is 5.91. The summed E-state index contributed by atoms with van der Waals surface area (Å²) in [6.07, 6.45) is 3.41. The van der Waals surface area contributed by atoms with Crippen molar-refractivity contribution in [3.8, 4) is 0 Å². The highest BCUT2D eigenvalue weighted by Gasteiger charge is 2.23. The molecule has 18 heavy (non-hydrogen) atoms. The van der Waals surface area contributed by atoms with Gasteiger partial charge in [0.1, 0.15) is 0 Å². The molecule has 1 aliphatic rings. The number of nitrogens with zero attached hydrogens (tertiary/aromatic N) is 1. The largest absolute Gasteiger partial charge is 0.385 e. The molecule has 1 aromatic carbocycles. The second kappa shape index (κ2) is 6.88. The van der Waals surface area contributed by atoms with Gasteiger partial charge in [-0.3, -0.25) is 4.90 Å². The Hall–Kier alpha value is -0.900. The van der Waals surface area contributed by atoms with Crippen molar-refractivity contribution in [1.82, 2.24) is 4.90 Å². The highest BCUT2D eigenvalue weighted by Crippen LogP contribution is 2.22. The van der Waals surface area contributed by atoms with Crippen LogP contribution in [0.3, 0.4) is 0 Å². The van der Waals surface area contributed by atoms with Gasteiger partial charge in [-0.1, -0.05) is 24.3 Å². The summed E-state index contributed by atoms with van der Waals surface area (Å²) in [6.45, 7) is 3.78. The molecule has 0 aromatic heterocycles. The van der Waals surface area contributed by atoms with Crippen LogP contribution in [-0.2, 0) is 17.7 Å². The molecule has 0 radical (unpaired) electrons. The molecule has 1 aliphatic heterocycles. The molecule has 0 fully saturated rings. The van der Waals surface area contributed by atoms with E-state index in [1.165, 1.54) is 17.5 Å². The van der Waals surface area contributed by atoms with Gasteiger partial charge in [0.15, 0.2) is 0 Å². The Bertz CT molecular complexity index is 367. The van der Waals surface area contributed by atoms with Gasteiger partial charge in [-0.05, 0) is 36.9 Å². The van der Waals surface area contributed by atoms with Crippen LogP contribution in [0, 0.1) is 0 Å². The summed E-state index contributed by atoms with van der Waals surface area (Å²) >= 11 is 0. The minimum Gasteiger partial charge on any atom is -0.385 e. The van der Waals surface area contributed by atoms with E-state index in [0.29, 0.717) is 6.04 Å². The molecule has 1 unspecified atom stereocenters. The standard InChI is InChI=1S/C15H24N2O/c1-18-9-5-4-8-17-12-14-7-3-2-6-13(14)10-15(17)11-16/h2-3,6-7,15H,4-5,8-12,16H2,1H3. The molecule has 0 bridgehead atoms. The lowest BCUT2D eigenvalue weighted by atomic mass is 9.94. The summed E-state index contributed by atoms with van der Waals surface area (Å²) in [4.78, 5) is 2.53. The maximum Gasteiger partial charge on any atom is 0.0462 e. The SMILES string of the molecule is COCCCCN1Cc2ccccc2CC1CN. The van der Waals surface area contributed by atoms with Crippen molar-refractivity contribution in [1.29, 1.82) is 0 Å². The fourth-order valence-corrected chi connectivity index (χ4v) is 2.70. The third kappa shape index (κ3) is 3.31. The Morgan fingerprint density at radius 1 is 1.28 bits per heavy atom. The number of hydrogen-bond donors (Lipinski definition) is 1. The highest BCUT2D eigenvalue weighted by atomic mass is 16.5. The average molecular weight is 248 g/mol. The van der Waals surface area contributed by atoms with Crippen molar-refractivity contribution in [3.05, 3.63) is 35.4 Å². The molecule has 0 aliphatic carbocycles. The molecule has 3 heteroatoms. The van der Waals surface area contributed by atoms with Gasteiger partial charge in [-0.2, -0.15) is 0 Å². The lowest BCUT2D eigenvalue weighted by Gasteiger charge is -2.36. The van der Waals surface area contributed by atoms with Gasteiger partial charge in [0.2, 0.25) is 0 Å². The second-order valence-corrected chi connectivity index (χ2v) is 5.03. The fourth-order valence-electron chi connectivity index (χ4n) is 2.70. The van der Waals surface area contributed by atoms with Crippen molar-refractivity contribution in [2.24, 2.45) is 5.73 Å². The number of unbranched alkanes of at least 4 members (excludes halogenated alkanes) is 1. The van der Waals surface area contributed by atoms with Crippen molar-refractivity contribution in [2.75, 3.05) is 26.8 Å². The number of nitrogens with two attached hydrogens (primary N) is 1. The summed E-state index contributed by atoms with van der Waals surface area (Å²) in [7, 11) is 1.76. The van der Waals surface area contributed by atoms with E-state index in [2.05, 4.69) is 29.2 Å². The molecule has 0 amide bonds. The molecule has 1 heterocycles. The van der Waals surface area contributed by atoms with Gasteiger partial charge in [0, 0.05) is 32.8 Å². The zero-order valence-electron chi connectivity index (χ0n) is 11.3. The molecule has 1 atom stereocenters. The monoisotopic (exact) mass is 248 g/mol. The predicted molar refractivity (Wildman–Crippen MR) is 74.5 cm³/mol. The van der Waals surface area contributed by atoms with E-state index in [4.69, 9.17) is 10.5 Å². The second-order valence-electron chi connectivity index (χ2n) is 5.03. The first-order chi connectivity index (χ1) is 8.85. The number of benzene rings is 1. The molecule has 1 aromatic rings. The number of ether oxygens (including phenoxy) is 1. The Kier molecular flexibility index (Phi) is 5.17. The average Bonchev–Trinajstić information content (AvgIpc) is 2.42. The summed E-state index contributed by atoms with van der Waals surface area (Å²) in [5.41, 5.74) is 8.85. The first-order valence-corrected chi connectivity index (χ1v) is 6.85. The molecule has 100 valence electrons. The zero-order chi connectivity index (χ0) is 12.8. The third-order valence-corrected chi connectivity index (χ3v) is 3.78. The summed E-state index contributed by atoms with van der Waals surface area (Å²) in [5.74, 6) is 0. The van der Waals surface area contributed by atoms with Crippen molar-refractivity contribution in [2.45, 2.75) is 31.8 Å². The van der Waals surface area contributed by atoms with E-state index in [0.717, 1.165) is 39.1 Å². The first kappa shape index (κ1) is 13.5. The van der Waals surface area contributed by atoms with E-state index >= 15 is 0 Å². The van der Waals surface area contributed by atoms with Crippen LogP contribution >= 0.6 is 0 Å². The van der Waals surface area contributed by atoms with Crippen LogP contribution in [0.5, 0.6) is 0 Å². The molecular formula is C15H24N2O. The number of fused-ring (bicyclic) bond motifs is 1. The van der Waals surface area contributed by atoms with Crippen LogP contribution in [0.4, 0.5) is 0 Å². The molecule has 0 saturated carbocycles. The van der Waals surface area contributed by atoms with E-state index < -0.39 is 0 Å². The molecule has 2 N–H and O–H groups in total. The van der Waals surface area contributed by atoms with Gasteiger partial charge in [0.05, 0.1) is 0 Å². The predicted octanol–water partition coefficient (Wildman–Crippen LogP) is 1.80. The van der Waals surface area contributed by atoms with Gasteiger partial charge >= 0.3 is 0 Å². The van der Waals surface area contributed by atoms with Gasteiger partial charge in [-0.25, -0.2) is 0 Å². The smallest absolute Gasteiger partial charge is 0.0462 e. The van der Waals surface area contributed by atoms with Gasteiger partial charge in [0.25, 0.3) is 0 Å². The first-order valence-electron chi connectivity index (χ1n) is 6.85. The lowest BCUT2D eigenvalue weighted by molar-refractivity contribution is 0.154. The van der Waals surface area contributed by atoms with Gasteiger partial charge in [-0.15, -0.1) is 0 Å². The summed E-state index contributed by atoms with van der Waals surface area (Å²) < 4.78 is 5.10. The topological polar surface area (TPSA) is 38.5 Å². The van der Waals surface area contributed by atoms with Crippen molar-refractivity contribution < 1.29 is 4.74 Å². The Morgan fingerprint density at radius 3 is 2.78 bits per heavy atom. The number of rotatable bonds is 6. The summed E-state index contributed by atoms with van der Waals surface area (Å²) in [6, 6.07) is 9.23. The molecular weight excluding hydrogens is 224 g/mol. The van der Waals surface area contributed by atoms with E-state index in [1.54, 1.807) is 7.11 Å². The van der Waals surface area contributed by atoms with Crippen LogP contribution in [0.1, 0.15) is 24.0 Å². The van der Waals surface area contributed by atoms with Gasteiger partial charge < -0.3 is 10.5 Å². The van der Waals surface area contributed by atoms with Crippen molar-refractivity contribution in [3.63, 3.8) is 0 Å². The zero-order valence-corrected chi connectivity index (χ0v) is 11.3. The Labute approximate surface area is 110 Å². The fraction of sp³-hybridized carbons (Fsp3) is 0.600. The van der Waals surface area contributed by atoms with E-state index in [1.807, 2.05) is 0 Å². The quantitative estimate of drug-likeness (QED) is 0.780. The Balaban J connectivity index is 1.94. The van der Waals surface area contributed by atoms with E-state index in [-0.39, 0.29) is 0 Å². The molecule has 0 saturated heterocycles. The van der Waals surface area contributed by atoms with Crippen LogP contribution in [-0.4, -0.2) is 37.7 Å². The minimum atomic E-state index is 0.502. The van der Waals surface area contributed by atoms with Crippen LogP contribution in [0.2, 0.25) is 0 Å². The molecule has 0 spiro atoms. The van der Waals surface area contributed by atoms with Crippen LogP contribution < -0.4 is 5.73 Å². The maximum absolute atomic E-state index is 5.91. The minimum absolute atomic E-state index is 0.502. The third-order valence-electron chi connectivity index (χ3n) is 3.78. The summed E-state index contributed by atoms with van der Waals surface area (Å²) in [5, 5.41) is 0. The van der Waals surface area contributed by atoms with Crippen LogP contribution in [0.25, 0.3) is 0 Å². The lowest BCUT2D eigenvalue weighted by Crippen LogP contribution is -2.45. The van der Waals surface area contributed by atoms with E-state index in [9.17, 15) is 0 Å². The van der Waals surface area contributed by atoms with Crippen molar-refractivity contribution >= 4 is 0 Å². The number of methoxy groups -OCH3 is 1. The molecule has 2 rings (SSSR count). The number of hydrogen-bond acceptors (Lipinski definition) is 3. The highest BCUT2D eigenvalue weighted by molar-refractivity contribution is 5.30. The molecule has 3 nitrogen and oxygen atoms in total. The normalized spacial score (nSPS) is 19.8.